The van der Waals surface area contributed by atoms with Gasteiger partial charge in [-0.15, -0.1) is 0 Å². The third kappa shape index (κ3) is 2.27. The molecule has 1 aliphatic carbocycles. The fraction of sp³-hybridized carbons (Fsp3) is 0.235. The second-order valence-corrected chi connectivity index (χ2v) is 5.20. The van der Waals surface area contributed by atoms with Gasteiger partial charge in [0.15, 0.2) is 0 Å². The molecule has 3 heteroatoms. The van der Waals surface area contributed by atoms with E-state index in [9.17, 15) is 4.79 Å². The summed E-state index contributed by atoms with van der Waals surface area (Å²) in [7, 11) is 0. The summed E-state index contributed by atoms with van der Waals surface area (Å²) in [6.07, 6.45) is 1.06. The zero-order valence-corrected chi connectivity index (χ0v) is 11.3. The first kappa shape index (κ1) is 12.7. The molecule has 0 spiro atoms. The van der Waals surface area contributed by atoms with E-state index in [0.717, 1.165) is 17.7 Å². The molecule has 0 fully saturated rings. The zero-order chi connectivity index (χ0) is 14.1. The van der Waals surface area contributed by atoms with E-state index in [1.54, 1.807) is 18.2 Å². The maximum absolute atomic E-state index is 10.9. The molecule has 0 saturated heterocycles. The Morgan fingerprint density at radius 3 is 2.80 bits per heavy atom. The number of fused-ring (bicyclic) bond motifs is 1. The third-order valence-electron chi connectivity index (χ3n) is 3.82. The minimum atomic E-state index is -0.910. The highest BCUT2D eigenvalue weighted by Crippen LogP contribution is 2.35. The van der Waals surface area contributed by atoms with E-state index >= 15 is 0 Å². The lowest BCUT2D eigenvalue weighted by atomic mass is 9.78. The second kappa shape index (κ2) is 5.00. The minimum Gasteiger partial charge on any atom is -0.493 e. The van der Waals surface area contributed by atoms with Crippen molar-refractivity contribution < 1.29 is 14.6 Å². The molecule has 1 N–H and O–H groups in total. The zero-order valence-electron chi connectivity index (χ0n) is 11.3. The molecule has 0 bridgehead atoms. The van der Waals surface area contributed by atoms with Crippen molar-refractivity contribution in [3.8, 4) is 5.75 Å². The van der Waals surface area contributed by atoms with Crippen LogP contribution in [0.4, 0.5) is 0 Å². The Kier molecular flexibility index (Phi) is 3.18. The lowest BCUT2D eigenvalue weighted by Gasteiger charge is -2.30. The molecular formula is C17H16O3. The van der Waals surface area contributed by atoms with Crippen LogP contribution in [0.1, 0.15) is 33.0 Å². The van der Waals surface area contributed by atoms with Crippen LogP contribution in [-0.2, 0) is 6.42 Å². The Balaban J connectivity index is 1.67. The van der Waals surface area contributed by atoms with Crippen LogP contribution in [0.25, 0.3) is 0 Å². The first-order valence-corrected chi connectivity index (χ1v) is 6.69. The molecule has 3 nitrogen and oxygen atoms in total. The van der Waals surface area contributed by atoms with Gasteiger partial charge in [0.25, 0.3) is 0 Å². The first-order chi connectivity index (χ1) is 9.65. The fourth-order valence-corrected chi connectivity index (χ4v) is 2.65. The standard InChI is InChI=1S/C17H16O3/c1-11-8-13(17(18)19)6-7-16(11)20-10-14-9-12-4-2-3-5-15(12)14/h2-8,14H,9-10H2,1H3,(H,18,19). The molecule has 1 atom stereocenters. The monoisotopic (exact) mass is 268 g/mol. The number of carboxylic acids is 1. The van der Waals surface area contributed by atoms with Gasteiger partial charge in [-0.1, -0.05) is 24.3 Å². The molecule has 0 heterocycles. The van der Waals surface area contributed by atoms with Gasteiger partial charge in [0.1, 0.15) is 5.75 Å². The molecular weight excluding hydrogens is 252 g/mol. The van der Waals surface area contributed by atoms with Crippen molar-refractivity contribution in [2.45, 2.75) is 19.3 Å². The molecule has 0 aliphatic heterocycles. The SMILES string of the molecule is Cc1cc(C(=O)O)ccc1OCC1Cc2ccccc21. The lowest BCUT2D eigenvalue weighted by Crippen LogP contribution is -2.23. The van der Waals surface area contributed by atoms with Crippen molar-refractivity contribution in [1.29, 1.82) is 0 Å². The number of benzene rings is 2. The summed E-state index contributed by atoms with van der Waals surface area (Å²) in [4.78, 5) is 10.9. The summed E-state index contributed by atoms with van der Waals surface area (Å²) in [6, 6.07) is 13.4. The smallest absolute Gasteiger partial charge is 0.335 e. The molecule has 1 unspecified atom stereocenters. The lowest BCUT2D eigenvalue weighted by molar-refractivity contribution is 0.0696. The quantitative estimate of drug-likeness (QED) is 0.924. The van der Waals surface area contributed by atoms with Gasteiger partial charge in [-0.25, -0.2) is 4.79 Å². The Bertz CT molecular complexity index is 661. The number of carboxylic acid groups (broad SMARTS) is 1. The van der Waals surface area contributed by atoms with Crippen LogP contribution in [0.15, 0.2) is 42.5 Å². The van der Waals surface area contributed by atoms with Crippen LogP contribution in [0, 0.1) is 6.92 Å². The highest BCUT2D eigenvalue weighted by Gasteiger charge is 2.25. The molecule has 0 saturated carbocycles. The van der Waals surface area contributed by atoms with E-state index < -0.39 is 5.97 Å². The Morgan fingerprint density at radius 1 is 1.30 bits per heavy atom. The van der Waals surface area contributed by atoms with E-state index in [1.165, 1.54) is 11.1 Å². The van der Waals surface area contributed by atoms with E-state index in [4.69, 9.17) is 9.84 Å². The average Bonchev–Trinajstić information content (AvgIpc) is 2.41. The summed E-state index contributed by atoms with van der Waals surface area (Å²) in [6.45, 7) is 2.51. The van der Waals surface area contributed by atoms with Gasteiger partial charge in [-0.05, 0) is 48.2 Å². The van der Waals surface area contributed by atoms with Gasteiger partial charge in [0.05, 0.1) is 12.2 Å². The van der Waals surface area contributed by atoms with Crippen molar-refractivity contribution in [3.05, 3.63) is 64.7 Å². The van der Waals surface area contributed by atoms with Crippen LogP contribution in [-0.4, -0.2) is 17.7 Å². The maximum Gasteiger partial charge on any atom is 0.335 e. The largest absolute Gasteiger partial charge is 0.493 e. The summed E-state index contributed by atoms with van der Waals surface area (Å²) in [5.74, 6) is 0.303. The normalized spacial score (nSPS) is 16.1. The van der Waals surface area contributed by atoms with Crippen molar-refractivity contribution in [1.82, 2.24) is 0 Å². The van der Waals surface area contributed by atoms with Crippen LogP contribution >= 0.6 is 0 Å². The molecule has 2 aromatic carbocycles. The van der Waals surface area contributed by atoms with Gasteiger partial charge >= 0.3 is 5.97 Å². The summed E-state index contributed by atoms with van der Waals surface area (Å²) in [5.41, 5.74) is 3.92. The van der Waals surface area contributed by atoms with E-state index in [2.05, 4.69) is 24.3 Å². The van der Waals surface area contributed by atoms with E-state index in [1.807, 2.05) is 6.92 Å². The number of ether oxygens (including phenoxy) is 1. The predicted octanol–water partition coefficient (Wildman–Crippen LogP) is 3.41. The van der Waals surface area contributed by atoms with Gasteiger partial charge in [0, 0.05) is 5.92 Å². The van der Waals surface area contributed by atoms with Crippen LogP contribution in [0.2, 0.25) is 0 Å². The second-order valence-electron chi connectivity index (χ2n) is 5.20. The Labute approximate surface area is 117 Å². The van der Waals surface area contributed by atoms with Gasteiger partial charge in [-0.2, -0.15) is 0 Å². The highest BCUT2D eigenvalue weighted by atomic mass is 16.5. The van der Waals surface area contributed by atoms with E-state index in [-0.39, 0.29) is 0 Å². The summed E-state index contributed by atoms with van der Waals surface area (Å²) < 4.78 is 5.84. The number of aromatic carboxylic acids is 1. The fourth-order valence-electron chi connectivity index (χ4n) is 2.65. The minimum absolute atomic E-state index is 0.295. The van der Waals surface area contributed by atoms with Crippen LogP contribution < -0.4 is 4.74 Å². The van der Waals surface area contributed by atoms with Crippen molar-refractivity contribution in [3.63, 3.8) is 0 Å². The molecule has 0 amide bonds. The third-order valence-corrected chi connectivity index (χ3v) is 3.82. The molecule has 102 valence electrons. The molecule has 20 heavy (non-hydrogen) atoms. The predicted molar refractivity (Wildman–Crippen MR) is 76.5 cm³/mol. The van der Waals surface area contributed by atoms with Crippen LogP contribution in [0.3, 0.4) is 0 Å². The number of hydrogen-bond donors (Lipinski definition) is 1. The highest BCUT2D eigenvalue weighted by molar-refractivity contribution is 5.88. The Hall–Kier alpha value is -2.29. The number of hydrogen-bond acceptors (Lipinski definition) is 2. The van der Waals surface area contributed by atoms with Crippen molar-refractivity contribution >= 4 is 5.97 Å². The molecule has 3 rings (SSSR count). The van der Waals surface area contributed by atoms with Gasteiger partial charge < -0.3 is 9.84 Å². The van der Waals surface area contributed by atoms with Gasteiger partial charge in [-0.3, -0.25) is 0 Å². The Morgan fingerprint density at radius 2 is 2.10 bits per heavy atom. The molecule has 0 radical (unpaired) electrons. The summed E-state index contributed by atoms with van der Waals surface area (Å²) in [5, 5.41) is 8.93. The molecule has 1 aliphatic rings. The van der Waals surface area contributed by atoms with Crippen molar-refractivity contribution in [2.24, 2.45) is 0 Å². The average molecular weight is 268 g/mol. The van der Waals surface area contributed by atoms with Crippen molar-refractivity contribution in [2.75, 3.05) is 6.61 Å². The molecule has 0 aromatic heterocycles. The van der Waals surface area contributed by atoms with Gasteiger partial charge in [0.2, 0.25) is 0 Å². The summed E-state index contributed by atoms with van der Waals surface area (Å²) >= 11 is 0. The van der Waals surface area contributed by atoms with E-state index in [0.29, 0.717) is 18.1 Å². The number of aryl methyl sites for hydroxylation is 1. The number of carbonyl (C=O) groups is 1. The van der Waals surface area contributed by atoms with Crippen LogP contribution in [0.5, 0.6) is 5.75 Å². The number of rotatable bonds is 4. The topological polar surface area (TPSA) is 46.5 Å². The molecule has 2 aromatic rings. The first-order valence-electron chi connectivity index (χ1n) is 6.69. The maximum atomic E-state index is 10.9.